The van der Waals surface area contributed by atoms with Gasteiger partial charge in [-0.05, 0) is 6.42 Å². The van der Waals surface area contributed by atoms with Gasteiger partial charge in [-0.15, -0.1) is 6.58 Å². The first-order chi connectivity index (χ1) is 14.7. The van der Waals surface area contributed by atoms with Crippen molar-refractivity contribution in [2.75, 3.05) is 13.2 Å². The molecule has 0 aromatic carbocycles. The first kappa shape index (κ1) is 26.6. The van der Waals surface area contributed by atoms with Crippen LogP contribution in [-0.4, -0.2) is 116 Å². The number of hydrogen-bond acceptors (Lipinski definition) is 11. The highest BCUT2D eigenvalue weighted by atomic mass is 16.7. The van der Waals surface area contributed by atoms with E-state index in [1.165, 1.54) is 0 Å². The van der Waals surface area contributed by atoms with Crippen molar-refractivity contribution in [3.8, 4) is 0 Å². The number of aliphatic hydroxyl groups excluding tert-OH is 7. The third-order valence-electron chi connectivity index (χ3n) is 5.61. The minimum Gasteiger partial charge on any atom is -0.394 e. The molecule has 2 heterocycles. The molecular weight excluding hydrogens is 416 g/mol. The fourth-order valence-corrected chi connectivity index (χ4v) is 3.57. The summed E-state index contributed by atoms with van der Waals surface area (Å²) in [5, 5.41) is 69.6. The quantitative estimate of drug-likeness (QED) is 0.133. The van der Waals surface area contributed by atoms with Crippen LogP contribution in [0.4, 0.5) is 0 Å². The number of rotatable bonds is 11. The molecule has 0 radical (unpaired) electrons. The van der Waals surface area contributed by atoms with Gasteiger partial charge >= 0.3 is 0 Å². The third-order valence-corrected chi connectivity index (χ3v) is 5.61. The largest absolute Gasteiger partial charge is 0.394 e. The first-order valence-corrected chi connectivity index (χ1v) is 10.6. The summed E-state index contributed by atoms with van der Waals surface area (Å²) >= 11 is 0. The van der Waals surface area contributed by atoms with E-state index in [-0.39, 0.29) is 0 Å². The van der Waals surface area contributed by atoms with Crippen LogP contribution >= 0.6 is 0 Å². The number of aliphatic hydroxyl groups is 7. The maximum Gasteiger partial charge on any atom is 0.187 e. The van der Waals surface area contributed by atoms with Crippen LogP contribution in [0.3, 0.4) is 0 Å². The van der Waals surface area contributed by atoms with Gasteiger partial charge < -0.3 is 54.7 Å². The maximum absolute atomic E-state index is 10.3. The highest BCUT2D eigenvalue weighted by Gasteiger charge is 2.47. The van der Waals surface area contributed by atoms with Crippen LogP contribution in [0, 0.1) is 0 Å². The van der Waals surface area contributed by atoms with Crippen LogP contribution < -0.4 is 0 Å². The number of hydrogen-bond donors (Lipinski definition) is 7. The molecule has 182 valence electrons. The molecule has 2 aliphatic rings. The van der Waals surface area contributed by atoms with E-state index in [0.717, 1.165) is 19.3 Å². The van der Waals surface area contributed by atoms with Gasteiger partial charge in [-0.2, -0.15) is 0 Å². The van der Waals surface area contributed by atoms with Crippen LogP contribution in [0.2, 0.25) is 0 Å². The summed E-state index contributed by atoms with van der Waals surface area (Å²) < 4.78 is 22.0. The minimum atomic E-state index is -1.62. The van der Waals surface area contributed by atoms with Crippen molar-refractivity contribution < 1.29 is 54.7 Å². The maximum atomic E-state index is 10.3. The molecule has 0 amide bonds. The standard InChI is InChI=1S/C20H36O11/c1-3-5-6-7-10(4-2)29-20-18(27)16(25)14(23)12(31-20)9-28-19-17(26)15(24)13(22)11(8-21)30-19/h4,10-27H,2-3,5-9H2,1H3/t10?,11-,12-,13+,14-,15+,16+,17-,18-,19-,20-/m1/s1. The Balaban J connectivity index is 1.97. The van der Waals surface area contributed by atoms with E-state index in [1.807, 2.05) is 0 Å². The fraction of sp³-hybridized carbons (Fsp3) is 0.900. The van der Waals surface area contributed by atoms with E-state index < -0.39 is 80.7 Å². The van der Waals surface area contributed by atoms with Crippen molar-refractivity contribution >= 4 is 0 Å². The Bertz CT molecular complexity index is 533. The average molecular weight is 452 g/mol. The van der Waals surface area contributed by atoms with Gasteiger partial charge in [-0.1, -0.05) is 32.3 Å². The molecular formula is C20H36O11. The molecule has 0 bridgehead atoms. The molecule has 0 spiro atoms. The Morgan fingerprint density at radius 2 is 1.42 bits per heavy atom. The van der Waals surface area contributed by atoms with E-state index >= 15 is 0 Å². The highest BCUT2D eigenvalue weighted by molar-refractivity contribution is 4.92. The summed E-state index contributed by atoms with van der Waals surface area (Å²) in [4.78, 5) is 0. The summed E-state index contributed by atoms with van der Waals surface area (Å²) in [6.07, 6.45) is -9.69. The van der Waals surface area contributed by atoms with Crippen LogP contribution in [-0.2, 0) is 18.9 Å². The zero-order valence-corrected chi connectivity index (χ0v) is 17.6. The minimum absolute atomic E-state index is 0.401. The lowest BCUT2D eigenvalue weighted by molar-refractivity contribution is -0.334. The van der Waals surface area contributed by atoms with E-state index in [4.69, 9.17) is 18.9 Å². The monoisotopic (exact) mass is 452 g/mol. The molecule has 1 unspecified atom stereocenters. The molecule has 31 heavy (non-hydrogen) atoms. The smallest absolute Gasteiger partial charge is 0.187 e. The van der Waals surface area contributed by atoms with E-state index in [0.29, 0.717) is 6.42 Å². The Hall–Kier alpha value is -0.700. The topological polar surface area (TPSA) is 179 Å². The lowest BCUT2D eigenvalue weighted by Crippen LogP contribution is -2.62. The SMILES string of the molecule is C=CC(CCCCC)O[C@@H]1O[C@H](CO[C@@H]2O[C@H](CO)[C@H](O)[C@H](O)[C@H]2O)[C@@H](O)[C@H](O)[C@H]1O. The van der Waals surface area contributed by atoms with Gasteiger partial charge in [0.15, 0.2) is 12.6 Å². The van der Waals surface area contributed by atoms with Crippen molar-refractivity contribution in [1.82, 2.24) is 0 Å². The average Bonchev–Trinajstić information content (AvgIpc) is 2.77. The molecule has 11 atom stereocenters. The Morgan fingerprint density at radius 3 is 2.00 bits per heavy atom. The molecule has 2 saturated heterocycles. The molecule has 2 aliphatic heterocycles. The second kappa shape index (κ2) is 12.5. The number of ether oxygens (including phenoxy) is 4. The molecule has 7 N–H and O–H groups in total. The lowest BCUT2D eigenvalue weighted by Gasteiger charge is -2.43. The number of unbranched alkanes of at least 4 members (excludes halogenated alkanes) is 2. The highest BCUT2D eigenvalue weighted by Crippen LogP contribution is 2.27. The molecule has 2 rings (SSSR count). The molecule has 11 heteroatoms. The third kappa shape index (κ3) is 6.65. The van der Waals surface area contributed by atoms with Gasteiger partial charge in [0, 0.05) is 0 Å². The molecule has 0 aliphatic carbocycles. The summed E-state index contributed by atoms with van der Waals surface area (Å²) in [6.45, 7) is 4.76. The summed E-state index contributed by atoms with van der Waals surface area (Å²) in [5.41, 5.74) is 0. The van der Waals surface area contributed by atoms with Crippen molar-refractivity contribution in [1.29, 1.82) is 0 Å². The molecule has 0 aromatic rings. The predicted molar refractivity (Wildman–Crippen MR) is 106 cm³/mol. The summed E-state index contributed by atoms with van der Waals surface area (Å²) in [5.74, 6) is 0. The normalized spacial score (nSPS) is 42.3. The van der Waals surface area contributed by atoms with Gasteiger partial charge in [0.2, 0.25) is 0 Å². The summed E-state index contributed by atoms with van der Waals surface area (Å²) in [7, 11) is 0. The van der Waals surface area contributed by atoms with Crippen LogP contribution in [0.25, 0.3) is 0 Å². The van der Waals surface area contributed by atoms with Crippen molar-refractivity contribution in [3.63, 3.8) is 0 Å². The first-order valence-electron chi connectivity index (χ1n) is 10.6. The Labute approximate surface area is 181 Å². The second-order valence-corrected chi connectivity index (χ2v) is 7.95. The van der Waals surface area contributed by atoms with E-state index in [1.54, 1.807) is 6.08 Å². The van der Waals surface area contributed by atoms with Crippen molar-refractivity contribution in [2.24, 2.45) is 0 Å². The fourth-order valence-electron chi connectivity index (χ4n) is 3.57. The van der Waals surface area contributed by atoms with Crippen LogP contribution in [0.1, 0.15) is 32.6 Å². The van der Waals surface area contributed by atoms with Crippen molar-refractivity contribution in [3.05, 3.63) is 12.7 Å². The molecule has 0 aromatic heterocycles. The van der Waals surface area contributed by atoms with Gasteiger partial charge in [0.05, 0.1) is 19.3 Å². The predicted octanol–water partition coefficient (Wildman–Crippen LogP) is -2.24. The van der Waals surface area contributed by atoms with Crippen molar-refractivity contribution in [2.45, 2.75) is 100 Å². The van der Waals surface area contributed by atoms with E-state index in [2.05, 4.69) is 13.5 Å². The zero-order valence-electron chi connectivity index (χ0n) is 17.6. The van der Waals surface area contributed by atoms with Crippen LogP contribution in [0.5, 0.6) is 0 Å². The summed E-state index contributed by atoms with van der Waals surface area (Å²) in [6, 6.07) is 0. The molecule has 11 nitrogen and oxygen atoms in total. The van der Waals surface area contributed by atoms with Gasteiger partial charge in [0.1, 0.15) is 48.8 Å². The molecule has 2 fully saturated rings. The van der Waals surface area contributed by atoms with Crippen LogP contribution in [0.15, 0.2) is 12.7 Å². The zero-order chi connectivity index (χ0) is 23.1. The Kier molecular flexibility index (Phi) is 10.7. The van der Waals surface area contributed by atoms with Gasteiger partial charge in [0.25, 0.3) is 0 Å². The van der Waals surface area contributed by atoms with Gasteiger partial charge in [-0.25, -0.2) is 0 Å². The van der Waals surface area contributed by atoms with Gasteiger partial charge in [-0.3, -0.25) is 0 Å². The second-order valence-electron chi connectivity index (χ2n) is 7.95. The Morgan fingerprint density at radius 1 is 0.839 bits per heavy atom. The lowest BCUT2D eigenvalue weighted by atomic mass is 9.98. The van der Waals surface area contributed by atoms with E-state index in [9.17, 15) is 35.7 Å². The molecule has 0 saturated carbocycles.